The number of hydrogen-bond acceptors (Lipinski definition) is 3. The normalized spacial score (nSPS) is 11.2. The van der Waals surface area contributed by atoms with Crippen molar-refractivity contribution in [3.63, 3.8) is 0 Å². The van der Waals surface area contributed by atoms with Gasteiger partial charge in [0.15, 0.2) is 0 Å². The van der Waals surface area contributed by atoms with Gasteiger partial charge in [-0.2, -0.15) is 0 Å². The van der Waals surface area contributed by atoms with Crippen LogP contribution in [0.15, 0.2) is 71.7 Å². The Morgan fingerprint density at radius 2 is 1.64 bits per heavy atom. The van der Waals surface area contributed by atoms with E-state index in [1.54, 1.807) is 29.0 Å². The Bertz CT molecular complexity index is 1030. The van der Waals surface area contributed by atoms with Crippen LogP contribution in [0.5, 0.6) is 5.75 Å². The summed E-state index contributed by atoms with van der Waals surface area (Å²) in [5.74, 6) is -0.433. The molecule has 2 aromatic carbocycles. The Morgan fingerprint density at radius 3 is 2.18 bits per heavy atom. The molecule has 0 bridgehead atoms. The lowest BCUT2D eigenvalue weighted by Crippen LogP contribution is -2.18. The van der Waals surface area contributed by atoms with Gasteiger partial charge in [-0.05, 0) is 59.0 Å². The first-order valence-corrected chi connectivity index (χ1v) is 9.03. The van der Waals surface area contributed by atoms with Gasteiger partial charge in [0.2, 0.25) is 0 Å². The van der Waals surface area contributed by atoms with Gasteiger partial charge >= 0.3 is 5.97 Å². The minimum absolute atomic E-state index is 0.0629. The van der Waals surface area contributed by atoms with Crippen molar-refractivity contribution in [2.45, 2.75) is 32.8 Å². The number of pyridine rings is 1. The van der Waals surface area contributed by atoms with Crippen molar-refractivity contribution in [1.82, 2.24) is 4.57 Å². The fourth-order valence-electron chi connectivity index (χ4n) is 2.81. The van der Waals surface area contributed by atoms with Crippen molar-refractivity contribution in [2.24, 2.45) is 0 Å². The zero-order chi connectivity index (χ0) is 20.3. The second kappa shape index (κ2) is 7.72. The maximum Gasteiger partial charge on any atom is 0.335 e. The molecule has 0 spiro atoms. The smallest absolute Gasteiger partial charge is 0.335 e. The average Bonchev–Trinajstić information content (AvgIpc) is 2.66. The molecule has 5 nitrogen and oxygen atoms in total. The van der Waals surface area contributed by atoms with Crippen LogP contribution < -0.4 is 10.3 Å². The maximum absolute atomic E-state index is 12.5. The molecule has 28 heavy (non-hydrogen) atoms. The summed E-state index contributed by atoms with van der Waals surface area (Å²) in [4.78, 5) is 23.4. The highest BCUT2D eigenvalue weighted by molar-refractivity contribution is 5.87. The lowest BCUT2D eigenvalue weighted by Gasteiger charge is -2.19. The number of aromatic nitrogens is 1. The summed E-state index contributed by atoms with van der Waals surface area (Å²) < 4.78 is 7.23. The predicted molar refractivity (Wildman–Crippen MR) is 108 cm³/mol. The standard InChI is InChI=1S/C23H23NO4/c1-23(2,3)18-6-8-19(9-7-18)24-13-12-16(14-21(24)25)15-28-20-10-4-17(5-11-20)22(26)27/h4-14H,15H2,1-3H3,(H,26,27). The van der Waals surface area contributed by atoms with Gasteiger partial charge in [-0.25, -0.2) is 4.79 Å². The molecule has 1 heterocycles. The monoisotopic (exact) mass is 377 g/mol. The van der Waals surface area contributed by atoms with E-state index in [9.17, 15) is 9.59 Å². The summed E-state index contributed by atoms with van der Waals surface area (Å²) in [6.07, 6.45) is 1.74. The third-order valence-electron chi connectivity index (χ3n) is 4.50. The summed E-state index contributed by atoms with van der Waals surface area (Å²) in [6.45, 7) is 6.68. The largest absolute Gasteiger partial charge is 0.489 e. The summed E-state index contributed by atoms with van der Waals surface area (Å²) >= 11 is 0. The van der Waals surface area contributed by atoms with E-state index < -0.39 is 5.97 Å². The fourth-order valence-corrected chi connectivity index (χ4v) is 2.81. The first-order valence-electron chi connectivity index (χ1n) is 9.03. The number of rotatable bonds is 5. The highest BCUT2D eigenvalue weighted by Crippen LogP contribution is 2.23. The van der Waals surface area contributed by atoms with Crippen LogP contribution >= 0.6 is 0 Å². The molecule has 0 aliphatic carbocycles. The maximum atomic E-state index is 12.5. The molecule has 0 aliphatic rings. The van der Waals surface area contributed by atoms with Crippen molar-refractivity contribution >= 4 is 5.97 Å². The van der Waals surface area contributed by atoms with Crippen LogP contribution in [-0.4, -0.2) is 15.6 Å². The topological polar surface area (TPSA) is 68.5 Å². The zero-order valence-corrected chi connectivity index (χ0v) is 16.2. The van der Waals surface area contributed by atoms with Crippen molar-refractivity contribution in [3.8, 4) is 11.4 Å². The molecule has 0 saturated carbocycles. The third-order valence-corrected chi connectivity index (χ3v) is 4.50. The van der Waals surface area contributed by atoms with Crippen LogP contribution in [0.1, 0.15) is 42.3 Å². The molecule has 0 radical (unpaired) electrons. The molecular formula is C23H23NO4. The molecule has 1 N–H and O–H groups in total. The predicted octanol–water partition coefficient (Wildman–Crippen LogP) is 4.41. The Labute approximate surface area is 163 Å². The van der Waals surface area contributed by atoms with Gasteiger partial charge in [-0.3, -0.25) is 9.36 Å². The van der Waals surface area contributed by atoms with Crippen LogP contribution in [0, 0.1) is 0 Å². The number of ether oxygens (including phenoxy) is 1. The number of hydrogen-bond donors (Lipinski definition) is 1. The van der Waals surface area contributed by atoms with Crippen molar-refractivity contribution in [2.75, 3.05) is 0 Å². The van der Waals surface area contributed by atoms with E-state index in [0.29, 0.717) is 5.75 Å². The van der Waals surface area contributed by atoms with E-state index in [4.69, 9.17) is 9.84 Å². The molecule has 5 heteroatoms. The number of benzene rings is 2. The summed E-state index contributed by atoms with van der Waals surface area (Å²) in [5.41, 5.74) is 2.90. The van der Waals surface area contributed by atoms with Gasteiger partial charge in [-0.1, -0.05) is 32.9 Å². The van der Waals surface area contributed by atoms with E-state index >= 15 is 0 Å². The van der Waals surface area contributed by atoms with Gasteiger partial charge in [0.05, 0.1) is 5.56 Å². The van der Waals surface area contributed by atoms with E-state index in [2.05, 4.69) is 20.8 Å². The highest BCUT2D eigenvalue weighted by atomic mass is 16.5. The van der Waals surface area contributed by atoms with Crippen molar-refractivity contribution < 1.29 is 14.6 Å². The van der Waals surface area contributed by atoms with E-state index in [1.165, 1.54) is 17.7 Å². The summed E-state index contributed by atoms with van der Waals surface area (Å²) in [5, 5.41) is 8.91. The fraction of sp³-hybridized carbons (Fsp3) is 0.217. The number of carbonyl (C=O) groups is 1. The van der Waals surface area contributed by atoms with Gasteiger partial charge in [0.25, 0.3) is 5.56 Å². The Morgan fingerprint density at radius 1 is 1.00 bits per heavy atom. The van der Waals surface area contributed by atoms with Crippen LogP contribution in [0.4, 0.5) is 0 Å². The lowest BCUT2D eigenvalue weighted by atomic mass is 9.87. The molecule has 0 unspecified atom stereocenters. The molecule has 0 saturated heterocycles. The molecule has 1 aromatic heterocycles. The minimum Gasteiger partial charge on any atom is -0.489 e. The van der Waals surface area contributed by atoms with Gasteiger partial charge in [0.1, 0.15) is 12.4 Å². The first-order chi connectivity index (χ1) is 13.2. The molecule has 144 valence electrons. The molecule has 0 fully saturated rings. The molecule has 0 atom stereocenters. The number of carboxylic acid groups (broad SMARTS) is 1. The molecule has 0 amide bonds. The van der Waals surface area contributed by atoms with Gasteiger partial charge in [0, 0.05) is 18.0 Å². The van der Waals surface area contributed by atoms with Crippen LogP contribution in [0.25, 0.3) is 5.69 Å². The zero-order valence-electron chi connectivity index (χ0n) is 16.2. The molecule has 0 aliphatic heterocycles. The van der Waals surface area contributed by atoms with Crippen LogP contribution in [-0.2, 0) is 12.0 Å². The summed E-state index contributed by atoms with van der Waals surface area (Å²) in [7, 11) is 0. The second-order valence-electron chi connectivity index (χ2n) is 7.66. The Hall–Kier alpha value is -3.34. The van der Waals surface area contributed by atoms with E-state index in [1.807, 2.05) is 30.3 Å². The Kier molecular flexibility index (Phi) is 5.36. The third kappa shape index (κ3) is 4.49. The minimum atomic E-state index is -0.981. The number of aromatic carboxylic acids is 1. The second-order valence-corrected chi connectivity index (χ2v) is 7.66. The quantitative estimate of drug-likeness (QED) is 0.715. The molecule has 3 rings (SSSR count). The molecular weight excluding hydrogens is 354 g/mol. The van der Waals surface area contributed by atoms with Crippen molar-refractivity contribution in [1.29, 1.82) is 0 Å². The average molecular weight is 377 g/mol. The number of carboxylic acids is 1. The first kappa shape index (κ1) is 19.4. The van der Waals surface area contributed by atoms with Gasteiger partial charge < -0.3 is 9.84 Å². The van der Waals surface area contributed by atoms with E-state index in [0.717, 1.165) is 11.3 Å². The van der Waals surface area contributed by atoms with Crippen LogP contribution in [0.2, 0.25) is 0 Å². The van der Waals surface area contributed by atoms with Gasteiger partial charge in [-0.15, -0.1) is 0 Å². The molecule has 3 aromatic rings. The van der Waals surface area contributed by atoms with E-state index in [-0.39, 0.29) is 23.1 Å². The Balaban J connectivity index is 1.72. The van der Waals surface area contributed by atoms with Crippen LogP contribution in [0.3, 0.4) is 0 Å². The number of nitrogens with zero attached hydrogens (tertiary/aromatic N) is 1. The highest BCUT2D eigenvalue weighted by Gasteiger charge is 2.13. The SMILES string of the molecule is CC(C)(C)c1ccc(-n2ccc(COc3ccc(C(=O)O)cc3)cc2=O)cc1. The van der Waals surface area contributed by atoms with Crippen molar-refractivity contribution in [3.05, 3.63) is 93.9 Å². The lowest BCUT2D eigenvalue weighted by molar-refractivity contribution is 0.0697. The summed E-state index contributed by atoms with van der Waals surface area (Å²) in [6, 6.07) is 17.5.